The van der Waals surface area contributed by atoms with Gasteiger partial charge < -0.3 is 13.7 Å². The summed E-state index contributed by atoms with van der Waals surface area (Å²) in [6.07, 6.45) is 3.71. The van der Waals surface area contributed by atoms with Crippen LogP contribution in [0.25, 0.3) is 11.0 Å². The fraction of sp³-hybridized carbons (Fsp3) is 0.286. The highest BCUT2D eigenvalue weighted by atomic mass is 16.4. The molecule has 6 nitrogen and oxygen atoms in total. The molecule has 0 spiro atoms. The van der Waals surface area contributed by atoms with Crippen LogP contribution in [0.15, 0.2) is 39.5 Å². The number of nitrogens with one attached hydrogen (secondary N) is 1. The number of furan rings is 1. The summed E-state index contributed by atoms with van der Waals surface area (Å²) in [5, 5.41) is 11.7. The minimum absolute atomic E-state index is 0.338. The predicted octanol–water partition coefficient (Wildman–Crippen LogP) is 3.16. The normalized spacial score (nSPS) is 15.1. The van der Waals surface area contributed by atoms with Gasteiger partial charge in [-0.05, 0) is 25.0 Å². The average molecular weight is 270 g/mol. The van der Waals surface area contributed by atoms with Crippen LogP contribution in [0.1, 0.15) is 12.8 Å². The first-order valence-electron chi connectivity index (χ1n) is 6.71. The van der Waals surface area contributed by atoms with Crippen LogP contribution in [0.2, 0.25) is 0 Å². The highest BCUT2D eigenvalue weighted by molar-refractivity contribution is 5.98. The second-order valence-electron chi connectivity index (χ2n) is 4.84. The summed E-state index contributed by atoms with van der Waals surface area (Å²) in [4.78, 5) is 2.34. The van der Waals surface area contributed by atoms with Gasteiger partial charge in [-0.2, -0.15) is 0 Å². The molecular formula is C14H14N4O2. The van der Waals surface area contributed by atoms with Crippen LogP contribution in [0.5, 0.6) is 0 Å². The van der Waals surface area contributed by atoms with Gasteiger partial charge in [-0.1, -0.05) is 17.2 Å². The number of rotatable bonds is 3. The molecule has 0 atom stereocenters. The number of hydrogen-bond donors (Lipinski definition) is 1. The highest BCUT2D eigenvalue weighted by Crippen LogP contribution is 2.40. The van der Waals surface area contributed by atoms with Crippen LogP contribution in [0, 0.1) is 0 Å². The average Bonchev–Trinajstić information content (AvgIpc) is 3.18. The Kier molecular flexibility index (Phi) is 2.58. The molecule has 3 heterocycles. The van der Waals surface area contributed by atoms with Gasteiger partial charge in [-0.3, -0.25) is 5.32 Å². The zero-order valence-electron chi connectivity index (χ0n) is 10.9. The fourth-order valence-electron chi connectivity index (χ4n) is 2.70. The lowest BCUT2D eigenvalue weighted by Gasteiger charge is -2.17. The third kappa shape index (κ3) is 1.80. The topological polar surface area (TPSA) is 67.3 Å². The lowest BCUT2D eigenvalue weighted by Crippen LogP contribution is -2.18. The van der Waals surface area contributed by atoms with Crippen LogP contribution < -0.4 is 10.2 Å². The zero-order valence-corrected chi connectivity index (χ0v) is 10.9. The Labute approximate surface area is 115 Å². The predicted molar refractivity (Wildman–Crippen MR) is 75.2 cm³/mol. The van der Waals surface area contributed by atoms with Gasteiger partial charge in [0.2, 0.25) is 12.3 Å². The van der Waals surface area contributed by atoms with E-state index in [1.54, 1.807) is 0 Å². The van der Waals surface area contributed by atoms with E-state index in [2.05, 4.69) is 26.5 Å². The molecule has 0 bridgehead atoms. The molecule has 1 aliphatic rings. The monoisotopic (exact) mass is 270 g/mol. The Bertz CT molecular complexity index is 714. The maximum Gasteiger partial charge on any atom is 0.322 e. The number of nitrogens with zero attached hydrogens (tertiary/aromatic N) is 3. The first-order chi connectivity index (χ1) is 9.92. The van der Waals surface area contributed by atoms with Crippen LogP contribution >= 0.6 is 0 Å². The maximum atomic E-state index is 5.90. The van der Waals surface area contributed by atoms with E-state index in [0.717, 1.165) is 29.7 Å². The second kappa shape index (κ2) is 4.56. The molecule has 1 aliphatic heterocycles. The first-order valence-corrected chi connectivity index (χ1v) is 6.71. The van der Waals surface area contributed by atoms with Gasteiger partial charge in [-0.25, -0.2) is 0 Å². The number of hydrogen-bond acceptors (Lipinski definition) is 6. The SMILES string of the molecule is c1ccc2c(N3CCCC3)c(Nc3nnco3)oc2c1. The van der Waals surface area contributed by atoms with Crippen molar-refractivity contribution in [2.45, 2.75) is 12.8 Å². The molecule has 0 amide bonds. The third-order valence-corrected chi connectivity index (χ3v) is 3.57. The lowest BCUT2D eigenvalue weighted by atomic mass is 10.2. The van der Waals surface area contributed by atoms with Crippen LogP contribution in [0.3, 0.4) is 0 Å². The van der Waals surface area contributed by atoms with E-state index >= 15 is 0 Å². The van der Waals surface area contributed by atoms with Crippen molar-refractivity contribution < 1.29 is 8.83 Å². The van der Waals surface area contributed by atoms with E-state index in [4.69, 9.17) is 8.83 Å². The Hall–Kier alpha value is -2.50. The molecule has 0 radical (unpaired) electrons. The molecule has 0 aliphatic carbocycles. The minimum Gasteiger partial charge on any atom is -0.438 e. The molecule has 4 rings (SSSR count). The first kappa shape index (κ1) is 11.3. The Balaban J connectivity index is 1.83. The quantitative estimate of drug-likeness (QED) is 0.788. The smallest absolute Gasteiger partial charge is 0.322 e. The van der Waals surface area contributed by atoms with Crippen molar-refractivity contribution in [3.8, 4) is 0 Å². The van der Waals surface area contributed by atoms with Crippen LogP contribution in [-0.2, 0) is 0 Å². The molecule has 1 saturated heterocycles. The van der Waals surface area contributed by atoms with E-state index in [0.29, 0.717) is 11.9 Å². The highest BCUT2D eigenvalue weighted by Gasteiger charge is 2.23. The molecular weight excluding hydrogens is 256 g/mol. The molecule has 2 aromatic heterocycles. The second-order valence-corrected chi connectivity index (χ2v) is 4.84. The number of benzene rings is 1. The zero-order chi connectivity index (χ0) is 13.4. The Morgan fingerprint density at radius 2 is 2.00 bits per heavy atom. The van der Waals surface area contributed by atoms with Gasteiger partial charge in [0.1, 0.15) is 11.3 Å². The van der Waals surface area contributed by atoms with Gasteiger partial charge >= 0.3 is 6.01 Å². The molecule has 1 fully saturated rings. The van der Waals surface area contributed by atoms with E-state index < -0.39 is 0 Å². The van der Waals surface area contributed by atoms with Gasteiger partial charge in [0.25, 0.3) is 0 Å². The summed E-state index contributed by atoms with van der Waals surface area (Å²) in [6, 6.07) is 8.37. The maximum absolute atomic E-state index is 5.90. The minimum atomic E-state index is 0.338. The standard InChI is InChI=1S/C14H14N4O2/c1-2-6-11-10(5-1)12(18-7-3-4-8-18)13(20-11)16-14-17-15-9-19-14/h1-2,5-6,9H,3-4,7-8H2,(H,16,17). The van der Waals surface area contributed by atoms with Crippen molar-refractivity contribution in [2.24, 2.45) is 0 Å². The Morgan fingerprint density at radius 3 is 2.80 bits per heavy atom. The van der Waals surface area contributed by atoms with Crippen molar-refractivity contribution in [3.05, 3.63) is 30.7 Å². The number of para-hydroxylation sites is 1. The van der Waals surface area contributed by atoms with E-state index in [-0.39, 0.29) is 0 Å². The third-order valence-electron chi connectivity index (χ3n) is 3.57. The molecule has 6 heteroatoms. The van der Waals surface area contributed by atoms with Gasteiger partial charge in [0, 0.05) is 18.5 Å². The summed E-state index contributed by atoms with van der Waals surface area (Å²) >= 11 is 0. The van der Waals surface area contributed by atoms with Gasteiger partial charge in [0.05, 0.1) is 0 Å². The summed E-state index contributed by atoms with van der Waals surface area (Å²) in [7, 11) is 0. The summed E-state index contributed by atoms with van der Waals surface area (Å²) in [5.41, 5.74) is 1.94. The van der Waals surface area contributed by atoms with Crippen LogP contribution in [-0.4, -0.2) is 23.3 Å². The van der Waals surface area contributed by atoms with Crippen molar-refractivity contribution in [1.82, 2.24) is 10.2 Å². The molecule has 20 heavy (non-hydrogen) atoms. The number of aromatic nitrogens is 2. The number of fused-ring (bicyclic) bond motifs is 1. The fourth-order valence-corrected chi connectivity index (χ4v) is 2.70. The number of anilines is 3. The summed E-state index contributed by atoms with van der Waals surface area (Å²) < 4.78 is 11.0. The molecule has 3 aromatic rings. The van der Waals surface area contributed by atoms with Crippen molar-refractivity contribution in [2.75, 3.05) is 23.3 Å². The van der Waals surface area contributed by atoms with E-state index in [1.807, 2.05) is 18.2 Å². The molecule has 0 unspecified atom stereocenters. The van der Waals surface area contributed by atoms with Gasteiger partial charge in [0.15, 0.2) is 0 Å². The van der Waals surface area contributed by atoms with Gasteiger partial charge in [-0.15, -0.1) is 5.10 Å². The summed E-state index contributed by atoms with van der Waals surface area (Å²) in [6.45, 7) is 2.09. The lowest BCUT2D eigenvalue weighted by molar-refractivity contribution is 0.561. The van der Waals surface area contributed by atoms with E-state index in [1.165, 1.54) is 19.2 Å². The van der Waals surface area contributed by atoms with Crippen molar-refractivity contribution in [3.63, 3.8) is 0 Å². The van der Waals surface area contributed by atoms with Crippen LogP contribution in [0.4, 0.5) is 17.6 Å². The largest absolute Gasteiger partial charge is 0.438 e. The molecule has 1 aromatic carbocycles. The van der Waals surface area contributed by atoms with Crippen molar-refractivity contribution >= 4 is 28.6 Å². The molecule has 1 N–H and O–H groups in total. The molecule has 0 saturated carbocycles. The van der Waals surface area contributed by atoms with Crippen molar-refractivity contribution in [1.29, 1.82) is 0 Å². The van der Waals surface area contributed by atoms with E-state index in [9.17, 15) is 0 Å². The summed E-state index contributed by atoms with van der Waals surface area (Å²) in [5.74, 6) is 0.664. The molecule has 102 valence electrons. The Morgan fingerprint density at radius 1 is 1.15 bits per heavy atom.